The van der Waals surface area contributed by atoms with E-state index < -0.39 is 0 Å². The van der Waals surface area contributed by atoms with Crippen LogP contribution in [0.3, 0.4) is 0 Å². The molecule has 2 unspecified atom stereocenters. The summed E-state index contributed by atoms with van der Waals surface area (Å²) in [7, 11) is 0. The van der Waals surface area contributed by atoms with Gasteiger partial charge in [0, 0.05) is 30.7 Å². The second-order valence-electron chi connectivity index (χ2n) is 5.99. The van der Waals surface area contributed by atoms with Crippen LogP contribution in [0.4, 0.5) is 0 Å². The minimum Gasteiger partial charge on any atom is -0.339 e. The van der Waals surface area contributed by atoms with Crippen LogP contribution in [-0.4, -0.2) is 24.6 Å². The Hall–Kier alpha value is -2.42. The van der Waals surface area contributed by atoms with Crippen molar-refractivity contribution in [3.63, 3.8) is 0 Å². The Morgan fingerprint density at radius 1 is 1.43 bits per heavy atom. The topological polar surface area (TPSA) is 62.8 Å². The number of nitrogens with zero attached hydrogens (tertiary/aromatic N) is 2. The Kier molecular flexibility index (Phi) is 4.28. The van der Waals surface area contributed by atoms with Crippen molar-refractivity contribution in [2.45, 2.75) is 32.2 Å². The Balaban J connectivity index is 1.85. The molecule has 3 rings (SSSR count). The largest absolute Gasteiger partial charge is 0.339 e. The van der Waals surface area contributed by atoms with Crippen LogP contribution >= 0.6 is 0 Å². The first kappa shape index (κ1) is 15.5. The predicted octanol–water partition coefficient (Wildman–Crippen LogP) is 2.97. The Labute approximate surface area is 137 Å². The van der Waals surface area contributed by atoms with Crippen LogP contribution in [-0.2, 0) is 0 Å². The van der Waals surface area contributed by atoms with Crippen LogP contribution < -0.4 is 11.1 Å². The molecular formula is C19H22N4. The lowest BCUT2D eigenvalue weighted by Crippen LogP contribution is -2.25. The molecule has 2 aliphatic rings. The fourth-order valence-electron chi connectivity index (χ4n) is 2.87. The third-order valence-corrected chi connectivity index (χ3v) is 4.50. The average molecular weight is 306 g/mol. The molecule has 118 valence electrons. The van der Waals surface area contributed by atoms with E-state index >= 15 is 0 Å². The highest BCUT2D eigenvalue weighted by molar-refractivity contribution is 5.95. The lowest BCUT2D eigenvalue weighted by atomic mass is 9.87. The molecular weight excluding hydrogens is 284 g/mol. The predicted molar refractivity (Wildman–Crippen MR) is 96.8 cm³/mol. The summed E-state index contributed by atoms with van der Waals surface area (Å²) in [5.41, 5.74) is 13.9. The van der Waals surface area contributed by atoms with Crippen LogP contribution in [0.5, 0.6) is 0 Å². The maximum absolute atomic E-state index is 5.63. The molecule has 2 aliphatic heterocycles. The van der Waals surface area contributed by atoms with Crippen molar-refractivity contribution in [1.29, 1.82) is 0 Å². The number of nitrogens with one attached hydrogen (secondary N) is 1. The van der Waals surface area contributed by atoms with Gasteiger partial charge in [0.05, 0.1) is 17.4 Å². The van der Waals surface area contributed by atoms with Crippen LogP contribution in [0.25, 0.3) is 5.70 Å². The molecule has 4 heteroatoms. The van der Waals surface area contributed by atoms with Gasteiger partial charge in [-0.1, -0.05) is 31.7 Å². The Bertz CT molecular complexity index is 764. The lowest BCUT2D eigenvalue weighted by Gasteiger charge is -2.23. The monoisotopic (exact) mass is 306 g/mol. The van der Waals surface area contributed by atoms with Crippen molar-refractivity contribution in [2.75, 3.05) is 6.54 Å². The Morgan fingerprint density at radius 2 is 2.26 bits per heavy atom. The molecule has 0 radical (unpaired) electrons. The van der Waals surface area contributed by atoms with Crippen molar-refractivity contribution in [2.24, 2.45) is 15.7 Å². The summed E-state index contributed by atoms with van der Waals surface area (Å²) in [4.78, 5) is 9.21. The number of rotatable bonds is 3. The molecule has 0 saturated heterocycles. The zero-order valence-electron chi connectivity index (χ0n) is 13.6. The third kappa shape index (κ3) is 3.04. The first-order valence-electron chi connectivity index (χ1n) is 7.93. The first-order chi connectivity index (χ1) is 11.1. The molecule has 3 N–H and O–H groups in total. The van der Waals surface area contributed by atoms with E-state index in [0.717, 1.165) is 29.2 Å². The van der Waals surface area contributed by atoms with Gasteiger partial charge in [-0.05, 0) is 24.1 Å². The van der Waals surface area contributed by atoms with Crippen molar-refractivity contribution in [1.82, 2.24) is 5.32 Å². The summed E-state index contributed by atoms with van der Waals surface area (Å²) < 4.78 is 0. The molecule has 0 aliphatic carbocycles. The van der Waals surface area contributed by atoms with E-state index in [4.69, 9.17) is 5.73 Å². The molecule has 0 amide bonds. The van der Waals surface area contributed by atoms with Crippen molar-refractivity contribution in [3.8, 4) is 0 Å². The van der Waals surface area contributed by atoms with Gasteiger partial charge in [0.2, 0.25) is 0 Å². The minimum absolute atomic E-state index is 0.320. The summed E-state index contributed by atoms with van der Waals surface area (Å²) in [6.07, 6.45) is 4.88. The summed E-state index contributed by atoms with van der Waals surface area (Å²) in [6, 6.07) is 6.81. The molecule has 4 nitrogen and oxygen atoms in total. The SMILES string of the molecule is C=C=C(CN)NC1=NC(c2ccc3c(c2)C(C)C(C)N=C3)=CC1. The fraction of sp³-hybridized carbons (Fsp3) is 0.316. The highest BCUT2D eigenvalue weighted by atomic mass is 15.0. The van der Waals surface area contributed by atoms with Gasteiger partial charge >= 0.3 is 0 Å². The van der Waals surface area contributed by atoms with E-state index in [1.165, 1.54) is 11.1 Å². The molecule has 2 heterocycles. The highest BCUT2D eigenvalue weighted by Gasteiger charge is 2.21. The van der Waals surface area contributed by atoms with Gasteiger partial charge in [-0.15, -0.1) is 5.73 Å². The molecule has 0 aromatic heterocycles. The van der Waals surface area contributed by atoms with Gasteiger partial charge in [-0.25, -0.2) is 4.99 Å². The first-order valence-corrected chi connectivity index (χ1v) is 7.93. The maximum atomic E-state index is 5.63. The molecule has 0 saturated carbocycles. The number of hydrogen-bond acceptors (Lipinski definition) is 4. The Morgan fingerprint density at radius 3 is 3.00 bits per heavy atom. The van der Waals surface area contributed by atoms with Crippen LogP contribution in [0.2, 0.25) is 0 Å². The average Bonchev–Trinajstić information content (AvgIpc) is 3.04. The summed E-state index contributed by atoms with van der Waals surface area (Å²) in [5.74, 6) is 1.31. The summed E-state index contributed by atoms with van der Waals surface area (Å²) in [6.45, 7) is 8.39. The van der Waals surface area contributed by atoms with E-state index in [2.05, 4.69) is 65.7 Å². The number of hydrogen-bond donors (Lipinski definition) is 2. The quantitative estimate of drug-likeness (QED) is 0.843. The molecule has 0 bridgehead atoms. The van der Waals surface area contributed by atoms with Gasteiger partial charge < -0.3 is 11.1 Å². The summed E-state index contributed by atoms with van der Waals surface area (Å²) in [5, 5.41) is 3.19. The molecule has 1 aromatic carbocycles. The number of fused-ring (bicyclic) bond motifs is 1. The maximum Gasteiger partial charge on any atom is 0.111 e. The molecule has 0 spiro atoms. The molecule has 2 atom stereocenters. The standard InChI is InChI=1S/C19H22N4/c1-4-16(10-20)22-19-8-7-18(23-19)14-5-6-15-11-21-13(3)12(2)17(15)9-14/h5-7,9,11-13H,1,8,10,20H2,2-3H3,(H,22,23). The van der Waals surface area contributed by atoms with E-state index in [9.17, 15) is 0 Å². The van der Waals surface area contributed by atoms with Crippen LogP contribution in [0, 0.1) is 0 Å². The molecule has 1 aromatic rings. The fourth-order valence-corrected chi connectivity index (χ4v) is 2.87. The van der Waals surface area contributed by atoms with Crippen molar-refractivity contribution < 1.29 is 0 Å². The molecule has 23 heavy (non-hydrogen) atoms. The number of benzene rings is 1. The third-order valence-electron chi connectivity index (χ3n) is 4.50. The number of amidine groups is 1. The second kappa shape index (κ2) is 6.37. The van der Waals surface area contributed by atoms with Crippen molar-refractivity contribution >= 4 is 17.7 Å². The highest BCUT2D eigenvalue weighted by Crippen LogP contribution is 2.31. The van der Waals surface area contributed by atoms with Gasteiger partial charge in [0.25, 0.3) is 0 Å². The van der Waals surface area contributed by atoms with Crippen molar-refractivity contribution in [3.05, 3.63) is 59.0 Å². The van der Waals surface area contributed by atoms with Crippen LogP contribution in [0.15, 0.2) is 52.3 Å². The number of nitrogens with two attached hydrogens (primary N) is 1. The van der Waals surface area contributed by atoms with E-state index in [1.54, 1.807) is 0 Å². The lowest BCUT2D eigenvalue weighted by molar-refractivity contribution is 0.608. The van der Waals surface area contributed by atoms with Gasteiger partial charge in [-0.3, -0.25) is 4.99 Å². The van der Waals surface area contributed by atoms with E-state index in [1.807, 2.05) is 6.21 Å². The van der Waals surface area contributed by atoms with E-state index in [-0.39, 0.29) is 0 Å². The van der Waals surface area contributed by atoms with Gasteiger partial charge in [0.15, 0.2) is 0 Å². The van der Waals surface area contributed by atoms with E-state index in [0.29, 0.717) is 18.5 Å². The smallest absolute Gasteiger partial charge is 0.111 e. The zero-order valence-corrected chi connectivity index (χ0v) is 13.6. The summed E-state index contributed by atoms with van der Waals surface area (Å²) >= 11 is 0. The number of aliphatic imine (C=N–C) groups is 2. The van der Waals surface area contributed by atoms with Crippen LogP contribution in [0.1, 0.15) is 42.9 Å². The van der Waals surface area contributed by atoms with Gasteiger partial charge in [-0.2, -0.15) is 0 Å². The molecule has 0 fully saturated rings. The second-order valence-corrected chi connectivity index (χ2v) is 5.99. The minimum atomic E-state index is 0.320. The zero-order chi connectivity index (χ0) is 16.4. The normalized spacial score (nSPS) is 22.0. The van der Waals surface area contributed by atoms with Gasteiger partial charge in [0.1, 0.15) is 5.84 Å².